The van der Waals surface area contributed by atoms with Gasteiger partial charge in [-0.05, 0) is 46.9 Å². The first-order valence-corrected chi connectivity index (χ1v) is 10.2. The van der Waals surface area contributed by atoms with Gasteiger partial charge in [-0.25, -0.2) is 0 Å². The summed E-state index contributed by atoms with van der Waals surface area (Å²) in [5.41, 5.74) is 3.80. The number of anilines is 1. The topological polar surface area (TPSA) is 63.4 Å². The van der Waals surface area contributed by atoms with Crippen molar-refractivity contribution in [3.8, 4) is 0 Å². The number of hydrogen-bond acceptors (Lipinski definition) is 3. The number of nitro groups is 1. The quantitative estimate of drug-likeness (QED) is 0.225. The molecule has 0 bridgehead atoms. The highest BCUT2D eigenvalue weighted by Crippen LogP contribution is 2.38. The number of carbonyl (C=O) groups is 1. The fourth-order valence-electron chi connectivity index (χ4n) is 3.95. The lowest BCUT2D eigenvalue weighted by molar-refractivity contribution is -0.384. The van der Waals surface area contributed by atoms with Crippen LogP contribution in [0.25, 0.3) is 22.5 Å². The van der Waals surface area contributed by atoms with E-state index >= 15 is 0 Å². The number of nitro benzene ring substituents is 1. The zero-order valence-corrected chi connectivity index (χ0v) is 17.0. The maximum atomic E-state index is 13.6. The van der Waals surface area contributed by atoms with E-state index in [1.807, 2.05) is 78.9 Å². The molecule has 0 saturated carbocycles. The lowest BCUT2D eigenvalue weighted by atomic mass is 10.1. The van der Waals surface area contributed by atoms with Crippen molar-refractivity contribution in [1.29, 1.82) is 0 Å². The van der Waals surface area contributed by atoms with Crippen LogP contribution in [0.15, 0.2) is 109 Å². The molecule has 5 nitrogen and oxygen atoms in total. The number of non-ortho nitro benzene ring substituents is 1. The summed E-state index contributed by atoms with van der Waals surface area (Å²) in [6.07, 6.45) is 3.64. The molecule has 0 aromatic heterocycles. The molecule has 1 amide bonds. The third-order valence-electron chi connectivity index (χ3n) is 5.49. The van der Waals surface area contributed by atoms with Crippen molar-refractivity contribution in [2.75, 3.05) is 4.90 Å². The molecule has 0 fully saturated rings. The molecule has 154 valence electrons. The molecule has 32 heavy (non-hydrogen) atoms. The standard InChI is InChI=1S/C27H18N2O3/c30-27-22(17-19-13-15-23(16-14-19)29(31)32)18-26(21-8-2-1-3-9-21)28(27)25-12-6-10-20-7-4-5-11-24(20)25/h1-18H. The average Bonchev–Trinajstić information content (AvgIpc) is 3.15. The SMILES string of the molecule is O=C1C(=Cc2ccc([N+](=O)[O-])cc2)C=C(c2ccccc2)N1c1cccc2ccccc12. The van der Waals surface area contributed by atoms with E-state index in [9.17, 15) is 14.9 Å². The summed E-state index contributed by atoms with van der Waals surface area (Å²) >= 11 is 0. The Labute approximate surface area is 184 Å². The van der Waals surface area contributed by atoms with E-state index in [0.717, 1.165) is 33.3 Å². The van der Waals surface area contributed by atoms with E-state index in [0.29, 0.717) is 5.57 Å². The highest BCUT2D eigenvalue weighted by Gasteiger charge is 2.31. The Morgan fingerprint density at radius 2 is 1.47 bits per heavy atom. The van der Waals surface area contributed by atoms with Crippen molar-refractivity contribution in [2.24, 2.45) is 0 Å². The van der Waals surface area contributed by atoms with Crippen LogP contribution in [0.5, 0.6) is 0 Å². The van der Waals surface area contributed by atoms with E-state index in [-0.39, 0.29) is 11.6 Å². The van der Waals surface area contributed by atoms with Crippen LogP contribution in [-0.2, 0) is 4.79 Å². The van der Waals surface area contributed by atoms with E-state index < -0.39 is 4.92 Å². The minimum atomic E-state index is -0.437. The Kier molecular flexibility index (Phi) is 4.84. The van der Waals surface area contributed by atoms with Gasteiger partial charge < -0.3 is 0 Å². The van der Waals surface area contributed by atoms with Gasteiger partial charge >= 0.3 is 0 Å². The van der Waals surface area contributed by atoms with Crippen LogP contribution in [0, 0.1) is 10.1 Å². The number of amides is 1. The van der Waals surface area contributed by atoms with Crippen molar-refractivity contribution in [2.45, 2.75) is 0 Å². The Morgan fingerprint density at radius 1 is 0.781 bits per heavy atom. The number of carbonyl (C=O) groups excluding carboxylic acids is 1. The van der Waals surface area contributed by atoms with Crippen LogP contribution < -0.4 is 4.90 Å². The number of hydrogen-bond donors (Lipinski definition) is 0. The van der Waals surface area contributed by atoms with Gasteiger partial charge in [0.25, 0.3) is 11.6 Å². The van der Waals surface area contributed by atoms with Crippen molar-refractivity contribution in [3.05, 3.63) is 130 Å². The molecule has 4 aromatic rings. The summed E-state index contributed by atoms with van der Waals surface area (Å²) in [6, 6.07) is 29.9. The predicted octanol–water partition coefficient (Wildman–Crippen LogP) is 6.22. The summed E-state index contributed by atoms with van der Waals surface area (Å²) in [5.74, 6) is -0.140. The second-order valence-electron chi connectivity index (χ2n) is 7.48. The van der Waals surface area contributed by atoms with E-state index in [1.54, 1.807) is 23.1 Å². The predicted molar refractivity (Wildman–Crippen MR) is 127 cm³/mol. The maximum Gasteiger partial charge on any atom is 0.269 e. The first kappa shape index (κ1) is 19.5. The highest BCUT2D eigenvalue weighted by atomic mass is 16.6. The number of fused-ring (bicyclic) bond motifs is 1. The zero-order chi connectivity index (χ0) is 22.1. The van der Waals surface area contributed by atoms with Crippen LogP contribution in [0.1, 0.15) is 11.1 Å². The monoisotopic (exact) mass is 418 g/mol. The molecule has 5 heteroatoms. The first-order valence-electron chi connectivity index (χ1n) is 10.2. The van der Waals surface area contributed by atoms with Gasteiger partial charge in [-0.3, -0.25) is 19.8 Å². The van der Waals surface area contributed by atoms with Gasteiger partial charge in [-0.2, -0.15) is 0 Å². The molecule has 0 unspecified atom stereocenters. The fraction of sp³-hybridized carbons (Fsp3) is 0. The highest BCUT2D eigenvalue weighted by molar-refractivity contribution is 6.25. The average molecular weight is 418 g/mol. The third kappa shape index (κ3) is 3.46. The normalized spacial score (nSPS) is 14.8. The van der Waals surface area contributed by atoms with Crippen LogP contribution in [0.4, 0.5) is 11.4 Å². The van der Waals surface area contributed by atoms with Crippen molar-refractivity contribution >= 4 is 39.8 Å². The van der Waals surface area contributed by atoms with Crippen LogP contribution in [0.2, 0.25) is 0 Å². The summed E-state index contributed by atoms with van der Waals surface area (Å²) in [5, 5.41) is 13.0. The molecular weight excluding hydrogens is 400 g/mol. The van der Waals surface area contributed by atoms with Crippen LogP contribution in [0.3, 0.4) is 0 Å². The van der Waals surface area contributed by atoms with Crippen molar-refractivity contribution in [1.82, 2.24) is 0 Å². The van der Waals surface area contributed by atoms with Crippen LogP contribution >= 0.6 is 0 Å². The summed E-state index contributed by atoms with van der Waals surface area (Å²) < 4.78 is 0. The van der Waals surface area contributed by atoms with Crippen LogP contribution in [-0.4, -0.2) is 10.8 Å². The van der Waals surface area contributed by atoms with Gasteiger partial charge in [0.05, 0.1) is 16.3 Å². The smallest absolute Gasteiger partial charge is 0.269 e. The van der Waals surface area contributed by atoms with Gasteiger partial charge in [-0.1, -0.05) is 66.7 Å². The van der Waals surface area contributed by atoms with Gasteiger partial charge in [0.15, 0.2) is 0 Å². The molecular formula is C27H18N2O3. The Bertz CT molecular complexity index is 1400. The Balaban J connectivity index is 1.64. The molecule has 1 heterocycles. The Morgan fingerprint density at radius 3 is 2.22 bits per heavy atom. The molecule has 4 aromatic carbocycles. The second-order valence-corrected chi connectivity index (χ2v) is 7.48. The zero-order valence-electron chi connectivity index (χ0n) is 17.0. The fourth-order valence-corrected chi connectivity index (χ4v) is 3.95. The lowest BCUT2D eigenvalue weighted by Crippen LogP contribution is -2.25. The molecule has 1 aliphatic rings. The molecule has 0 spiro atoms. The minimum Gasteiger partial charge on any atom is -0.276 e. The molecule has 0 radical (unpaired) electrons. The molecule has 0 N–H and O–H groups in total. The summed E-state index contributed by atoms with van der Waals surface area (Å²) in [6.45, 7) is 0. The molecule has 0 aliphatic carbocycles. The van der Waals surface area contributed by atoms with Gasteiger partial charge in [0.2, 0.25) is 0 Å². The minimum absolute atomic E-state index is 0.0165. The summed E-state index contributed by atoms with van der Waals surface area (Å²) in [7, 11) is 0. The van der Waals surface area contributed by atoms with Crippen molar-refractivity contribution in [3.63, 3.8) is 0 Å². The van der Waals surface area contributed by atoms with E-state index in [4.69, 9.17) is 0 Å². The Hall–Kier alpha value is -4.51. The number of nitrogens with zero attached hydrogens (tertiary/aromatic N) is 2. The second kappa shape index (κ2) is 7.96. The van der Waals surface area contributed by atoms with Crippen molar-refractivity contribution < 1.29 is 9.72 Å². The molecule has 0 saturated heterocycles. The molecule has 0 atom stereocenters. The van der Waals surface area contributed by atoms with Gasteiger partial charge in [0.1, 0.15) is 0 Å². The third-order valence-corrected chi connectivity index (χ3v) is 5.49. The van der Waals surface area contributed by atoms with E-state index in [1.165, 1.54) is 12.1 Å². The van der Waals surface area contributed by atoms with Gasteiger partial charge in [0, 0.05) is 23.1 Å². The molecule has 5 rings (SSSR count). The maximum absolute atomic E-state index is 13.6. The van der Waals surface area contributed by atoms with Gasteiger partial charge in [-0.15, -0.1) is 0 Å². The van der Waals surface area contributed by atoms with E-state index in [2.05, 4.69) is 0 Å². The first-order chi connectivity index (χ1) is 15.6. The summed E-state index contributed by atoms with van der Waals surface area (Å²) in [4.78, 5) is 25.9. The molecule has 1 aliphatic heterocycles. The largest absolute Gasteiger partial charge is 0.276 e. The number of rotatable bonds is 4. The lowest BCUT2D eigenvalue weighted by Gasteiger charge is -2.22. The number of benzene rings is 4.